The minimum absolute atomic E-state index is 0.814. The molecule has 0 saturated carbocycles. The number of hydrogen-bond donors (Lipinski definition) is 0. The molecule has 1 aliphatic heterocycles. The third kappa shape index (κ3) is 3.03. The second-order valence-electron chi connectivity index (χ2n) is 3.76. The first-order valence-corrected chi connectivity index (χ1v) is 6.25. The molecule has 75 valence electrons. The second kappa shape index (κ2) is 5.42. The van der Waals surface area contributed by atoms with Crippen LogP contribution in [0.2, 0.25) is 0 Å². The van der Waals surface area contributed by atoms with Crippen molar-refractivity contribution in [2.24, 2.45) is 5.92 Å². The topological polar surface area (TPSA) is 14.1 Å². The summed E-state index contributed by atoms with van der Waals surface area (Å²) >= 11 is 1.97. The summed E-state index contributed by atoms with van der Waals surface area (Å²) in [5.41, 5.74) is 0. The lowest BCUT2D eigenvalue weighted by Gasteiger charge is -2.20. The first kappa shape index (κ1) is 10.1. The number of piperidine rings is 1. The Labute approximate surface area is 90.3 Å². The maximum absolute atomic E-state index is 4.46. The molecule has 0 amide bonds. The molecule has 1 unspecified atom stereocenters. The molecule has 1 fully saturated rings. The Bertz CT molecular complexity index is 254. The maximum atomic E-state index is 4.46. The van der Waals surface area contributed by atoms with Gasteiger partial charge in [-0.1, -0.05) is 18.2 Å². The molecule has 0 aliphatic carbocycles. The van der Waals surface area contributed by atoms with E-state index in [0.29, 0.717) is 0 Å². The summed E-state index contributed by atoms with van der Waals surface area (Å²) < 4.78 is 0. The van der Waals surface area contributed by atoms with Crippen LogP contribution in [0.5, 0.6) is 0 Å². The summed E-state index contributed by atoms with van der Waals surface area (Å²) in [6.07, 6.45) is 2.66. The van der Waals surface area contributed by atoms with Crippen molar-refractivity contribution in [3.8, 4) is 0 Å². The predicted octanol–water partition coefficient (Wildman–Crippen LogP) is 2.79. The molecule has 2 rings (SSSR count). The van der Waals surface area contributed by atoms with Gasteiger partial charge in [0.1, 0.15) is 0 Å². The van der Waals surface area contributed by atoms with E-state index in [9.17, 15) is 0 Å². The standard InChI is InChI=1S/C12H16NS/c1-2-6-12(7-3-1)14-10-11-5-4-8-13-9-11/h1-3,6-7,11H,4-5,8-10H2. The Hall–Kier alpha value is -0.470. The van der Waals surface area contributed by atoms with Crippen LogP contribution in [0.3, 0.4) is 0 Å². The van der Waals surface area contributed by atoms with E-state index in [2.05, 4.69) is 35.6 Å². The van der Waals surface area contributed by atoms with Crippen molar-refractivity contribution in [2.45, 2.75) is 17.7 Å². The summed E-state index contributed by atoms with van der Waals surface area (Å²) in [4.78, 5) is 1.39. The zero-order valence-corrected chi connectivity index (χ0v) is 9.17. The summed E-state index contributed by atoms with van der Waals surface area (Å²) in [5.74, 6) is 2.04. The monoisotopic (exact) mass is 206 g/mol. The Morgan fingerprint density at radius 1 is 1.29 bits per heavy atom. The fourth-order valence-corrected chi connectivity index (χ4v) is 2.77. The van der Waals surface area contributed by atoms with E-state index in [0.717, 1.165) is 19.0 Å². The molecule has 1 aliphatic rings. The van der Waals surface area contributed by atoms with Crippen molar-refractivity contribution >= 4 is 11.8 Å². The average Bonchev–Trinajstić information content (AvgIpc) is 2.29. The Balaban J connectivity index is 1.76. The van der Waals surface area contributed by atoms with Crippen LogP contribution in [0.25, 0.3) is 0 Å². The minimum atomic E-state index is 0.814. The normalized spacial score (nSPS) is 22.1. The van der Waals surface area contributed by atoms with Crippen LogP contribution in [0.4, 0.5) is 0 Å². The van der Waals surface area contributed by atoms with Crippen LogP contribution < -0.4 is 5.32 Å². The maximum Gasteiger partial charge on any atom is 0.0169 e. The summed E-state index contributed by atoms with van der Waals surface area (Å²) in [6, 6.07) is 10.6. The molecule has 1 heterocycles. The molecule has 0 N–H and O–H groups in total. The molecule has 0 aromatic heterocycles. The molecule has 0 spiro atoms. The first-order valence-electron chi connectivity index (χ1n) is 5.26. The van der Waals surface area contributed by atoms with Gasteiger partial charge in [0.15, 0.2) is 0 Å². The lowest BCUT2D eigenvalue weighted by molar-refractivity contribution is 0.404. The van der Waals surface area contributed by atoms with E-state index >= 15 is 0 Å². The van der Waals surface area contributed by atoms with E-state index in [1.54, 1.807) is 0 Å². The molecule has 1 aromatic carbocycles. The highest BCUT2D eigenvalue weighted by atomic mass is 32.2. The van der Waals surface area contributed by atoms with E-state index < -0.39 is 0 Å². The summed E-state index contributed by atoms with van der Waals surface area (Å²) in [7, 11) is 0. The smallest absolute Gasteiger partial charge is 0.0169 e. The van der Waals surface area contributed by atoms with Crippen molar-refractivity contribution in [1.82, 2.24) is 5.32 Å². The average molecular weight is 206 g/mol. The molecule has 1 radical (unpaired) electrons. The zero-order valence-electron chi connectivity index (χ0n) is 8.36. The minimum Gasteiger partial charge on any atom is -0.241 e. The van der Waals surface area contributed by atoms with Gasteiger partial charge in [-0.3, -0.25) is 0 Å². The van der Waals surface area contributed by atoms with Gasteiger partial charge in [-0.25, -0.2) is 5.32 Å². The van der Waals surface area contributed by atoms with E-state index in [1.165, 1.54) is 23.5 Å². The molecular weight excluding hydrogens is 190 g/mol. The molecule has 14 heavy (non-hydrogen) atoms. The number of benzene rings is 1. The van der Waals surface area contributed by atoms with Crippen molar-refractivity contribution in [3.05, 3.63) is 30.3 Å². The van der Waals surface area contributed by atoms with Crippen LogP contribution >= 0.6 is 11.8 Å². The van der Waals surface area contributed by atoms with Gasteiger partial charge in [0.25, 0.3) is 0 Å². The van der Waals surface area contributed by atoms with Gasteiger partial charge in [-0.2, -0.15) is 0 Å². The van der Waals surface area contributed by atoms with Crippen LogP contribution in [-0.2, 0) is 0 Å². The van der Waals surface area contributed by atoms with Gasteiger partial charge in [0, 0.05) is 23.7 Å². The fourth-order valence-electron chi connectivity index (χ4n) is 1.72. The highest BCUT2D eigenvalue weighted by molar-refractivity contribution is 7.99. The molecular formula is C12H16NS. The van der Waals surface area contributed by atoms with Gasteiger partial charge in [-0.05, 0) is 30.9 Å². The number of rotatable bonds is 3. The lowest BCUT2D eigenvalue weighted by Crippen LogP contribution is -2.25. The third-order valence-electron chi connectivity index (χ3n) is 2.54. The van der Waals surface area contributed by atoms with E-state index in [4.69, 9.17) is 0 Å². The molecule has 0 bridgehead atoms. The van der Waals surface area contributed by atoms with Crippen molar-refractivity contribution in [1.29, 1.82) is 0 Å². The van der Waals surface area contributed by atoms with Gasteiger partial charge < -0.3 is 0 Å². The van der Waals surface area contributed by atoms with Gasteiger partial charge in [0.2, 0.25) is 0 Å². The SMILES string of the molecule is c1ccc(SCC2CCC[N]C2)cc1. The van der Waals surface area contributed by atoms with Crippen molar-refractivity contribution in [3.63, 3.8) is 0 Å². The van der Waals surface area contributed by atoms with Gasteiger partial charge >= 0.3 is 0 Å². The van der Waals surface area contributed by atoms with Crippen LogP contribution in [0.1, 0.15) is 12.8 Å². The zero-order chi connectivity index (χ0) is 9.64. The van der Waals surface area contributed by atoms with E-state index in [-0.39, 0.29) is 0 Å². The van der Waals surface area contributed by atoms with Crippen LogP contribution in [-0.4, -0.2) is 18.8 Å². The molecule has 1 atom stereocenters. The largest absolute Gasteiger partial charge is 0.241 e. The lowest BCUT2D eigenvalue weighted by atomic mass is 10.0. The molecule has 2 heteroatoms. The molecule has 1 aromatic rings. The second-order valence-corrected chi connectivity index (χ2v) is 4.86. The Kier molecular flexibility index (Phi) is 3.90. The number of hydrogen-bond acceptors (Lipinski definition) is 1. The van der Waals surface area contributed by atoms with E-state index in [1.807, 2.05) is 11.8 Å². The highest BCUT2D eigenvalue weighted by Gasteiger charge is 2.13. The van der Waals surface area contributed by atoms with Crippen molar-refractivity contribution < 1.29 is 0 Å². The Morgan fingerprint density at radius 2 is 2.14 bits per heavy atom. The highest BCUT2D eigenvalue weighted by Crippen LogP contribution is 2.23. The molecule has 1 nitrogen and oxygen atoms in total. The van der Waals surface area contributed by atoms with Gasteiger partial charge in [-0.15, -0.1) is 11.8 Å². The van der Waals surface area contributed by atoms with Gasteiger partial charge in [0.05, 0.1) is 0 Å². The summed E-state index contributed by atoms with van der Waals surface area (Å²) in [5, 5.41) is 4.46. The number of thioether (sulfide) groups is 1. The fraction of sp³-hybridized carbons (Fsp3) is 0.500. The number of nitrogens with zero attached hydrogens (tertiary/aromatic N) is 1. The third-order valence-corrected chi connectivity index (χ3v) is 3.79. The first-order chi connectivity index (χ1) is 6.95. The molecule has 1 saturated heterocycles. The Morgan fingerprint density at radius 3 is 2.86 bits per heavy atom. The quantitative estimate of drug-likeness (QED) is 0.694. The predicted molar refractivity (Wildman–Crippen MR) is 61.8 cm³/mol. The van der Waals surface area contributed by atoms with Crippen molar-refractivity contribution in [2.75, 3.05) is 18.8 Å². The van der Waals surface area contributed by atoms with Crippen LogP contribution in [0, 0.1) is 5.92 Å². The summed E-state index contributed by atoms with van der Waals surface area (Å²) in [6.45, 7) is 2.17. The van der Waals surface area contributed by atoms with Crippen LogP contribution in [0.15, 0.2) is 35.2 Å².